The van der Waals surface area contributed by atoms with Crippen LogP contribution in [0.2, 0.25) is 0 Å². The second-order valence-electron chi connectivity index (χ2n) is 9.05. The number of rotatable bonds is 5. The minimum absolute atomic E-state index is 0.0161. The lowest BCUT2D eigenvalue weighted by molar-refractivity contribution is 0.00854. The van der Waals surface area contributed by atoms with Crippen molar-refractivity contribution in [3.8, 4) is 11.6 Å². The van der Waals surface area contributed by atoms with Gasteiger partial charge in [-0.1, -0.05) is 0 Å². The molecule has 10 heteroatoms. The number of aromatic nitrogens is 3. The second-order valence-corrected chi connectivity index (χ2v) is 9.94. The van der Waals surface area contributed by atoms with Gasteiger partial charge in [0.25, 0.3) is 11.8 Å². The summed E-state index contributed by atoms with van der Waals surface area (Å²) in [5.74, 6) is 0.632. The van der Waals surface area contributed by atoms with Gasteiger partial charge in [-0.2, -0.15) is 0 Å². The number of hydrogen-bond acceptors (Lipinski definition) is 7. The Morgan fingerprint density at radius 1 is 0.944 bits per heavy atom. The highest BCUT2D eigenvalue weighted by Gasteiger charge is 2.37. The first-order chi connectivity index (χ1) is 17.6. The zero-order chi connectivity index (χ0) is 24.6. The Kier molecular flexibility index (Phi) is 5.90. The molecule has 0 radical (unpaired) electrons. The lowest BCUT2D eigenvalue weighted by Gasteiger charge is -2.48. The van der Waals surface area contributed by atoms with E-state index in [1.807, 2.05) is 57.8 Å². The van der Waals surface area contributed by atoms with Crippen molar-refractivity contribution in [2.45, 2.75) is 6.04 Å². The van der Waals surface area contributed by atoms with E-state index in [1.165, 1.54) is 11.3 Å². The van der Waals surface area contributed by atoms with Gasteiger partial charge in [-0.25, -0.2) is 9.97 Å². The Bertz CT molecular complexity index is 1400. The Morgan fingerprint density at radius 3 is 2.53 bits per heavy atom. The molecule has 2 fully saturated rings. The zero-order valence-electron chi connectivity index (χ0n) is 19.9. The van der Waals surface area contributed by atoms with Crippen molar-refractivity contribution in [2.75, 3.05) is 46.4 Å². The van der Waals surface area contributed by atoms with Gasteiger partial charge < -0.3 is 19.1 Å². The third-order valence-electron chi connectivity index (χ3n) is 7.03. The molecule has 1 aromatic carbocycles. The van der Waals surface area contributed by atoms with Gasteiger partial charge in [-0.15, -0.1) is 11.3 Å². The van der Waals surface area contributed by atoms with E-state index in [2.05, 4.69) is 19.4 Å². The molecule has 0 unspecified atom stereocenters. The number of carbonyl (C=O) groups excluding carboxylic acids is 2. The molecule has 3 aromatic heterocycles. The predicted octanol–water partition coefficient (Wildman–Crippen LogP) is 2.77. The predicted molar refractivity (Wildman–Crippen MR) is 137 cm³/mol. The maximum atomic E-state index is 13.1. The van der Waals surface area contributed by atoms with Crippen molar-refractivity contribution in [1.82, 2.24) is 29.2 Å². The molecule has 184 valence electrons. The number of methoxy groups -OCH3 is 1. The molecule has 36 heavy (non-hydrogen) atoms. The number of ether oxygens (including phenoxy) is 1. The van der Waals surface area contributed by atoms with E-state index in [0.29, 0.717) is 35.6 Å². The van der Waals surface area contributed by atoms with Crippen LogP contribution < -0.4 is 4.74 Å². The van der Waals surface area contributed by atoms with Gasteiger partial charge >= 0.3 is 0 Å². The van der Waals surface area contributed by atoms with Crippen LogP contribution in [0.3, 0.4) is 0 Å². The lowest BCUT2D eigenvalue weighted by Crippen LogP contribution is -2.64. The standard InChI is InChI=1S/C26H26N6O3S/c1-35-23-15-20(4-6-27-23)32-8-5-18-14-19(2-3-22(18)32)25(33)31-16-21(17-31)29-9-11-30(12-10-29)26(34)24-28-7-13-36-24/h2-8,13-15,21H,9-12,16-17H2,1H3. The fourth-order valence-corrected chi connectivity index (χ4v) is 5.55. The van der Waals surface area contributed by atoms with Crippen LogP contribution in [0.25, 0.3) is 16.6 Å². The van der Waals surface area contributed by atoms with Crippen LogP contribution >= 0.6 is 11.3 Å². The summed E-state index contributed by atoms with van der Waals surface area (Å²) < 4.78 is 7.31. The fraction of sp³-hybridized carbons (Fsp3) is 0.308. The molecule has 0 saturated carbocycles. The van der Waals surface area contributed by atoms with Gasteiger partial charge in [0.15, 0.2) is 5.01 Å². The van der Waals surface area contributed by atoms with Crippen molar-refractivity contribution in [3.05, 3.63) is 70.9 Å². The topological polar surface area (TPSA) is 83.8 Å². The highest BCUT2D eigenvalue weighted by atomic mass is 32.1. The summed E-state index contributed by atoms with van der Waals surface area (Å²) in [6.07, 6.45) is 5.38. The van der Waals surface area contributed by atoms with Gasteiger partial charge in [0.2, 0.25) is 5.88 Å². The number of fused-ring (bicyclic) bond motifs is 1. The molecule has 6 rings (SSSR count). The number of benzene rings is 1. The largest absolute Gasteiger partial charge is 0.481 e. The van der Waals surface area contributed by atoms with Crippen LogP contribution in [0.5, 0.6) is 5.88 Å². The first kappa shape index (κ1) is 22.7. The Balaban J connectivity index is 1.07. The molecule has 2 saturated heterocycles. The first-order valence-corrected chi connectivity index (χ1v) is 12.8. The van der Waals surface area contributed by atoms with E-state index in [4.69, 9.17) is 4.74 Å². The number of nitrogens with zero attached hydrogens (tertiary/aromatic N) is 6. The minimum atomic E-state index is 0.0161. The maximum Gasteiger partial charge on any atom is 0.282 e. The average molecular weight is 503 g/mol. The summed E-state index contributed by atoms with van der Waals surface area (Å²) in [6.45, 7) is 4.47. The molecular weight excluding hydrogens is 476 g/mol. The SMILES string of the molecule is COc1cc(-n2ccc3cc(C(=O)N4CC(N5CCN(C(=O)c6nccs6)CC5)C4)ccc32)ccn1. The van der Waals surface area contributed by atoms with E-state index in [9.17, 15) is 9.59 Å². The number of likely N-dealkylation sites (tertiary alicyclic amines) is 1. The van der Waals surface area contributed by atoms with Crippen molar-refractivity contribution >= 4 is 34.1 Å². The molecule has 4 aromatic rings. The Hall–Kier alpha value is -3.76. The van der Waals surface area contributed by atoms with Crippen LogP contribution in [-0.4, -0.2) is 93.5 Å². The van der Waals surface area contributed by atoms with E-state index in [-0.39, 0.29) is 11.8 Å². The number of hydrogen-bond donors (Lipinski definition) is 0. The van der Waals surface area contributed by atoms with Gasteiger partial charge in [0.05, 0.1) is 18.3 Å². The summed E-state index contributed by atoms with van der Waals surface area (Å²) >= 11 is 1.38. The zero-order valence-corrected chi connectivity index (χ0v) is 20.7. The van der Waals surface area contributed by atoms with Crippen molar-refractivity contribution in [2.24, 2.45) is 0 Å². The fourth-order valence-electron chi connectivity index (χ4n) is 4.95. The molecule has 0 aliphatic carbocycles. The quantitative estimate of drug-likeness (QED) is 0.417. The molecule has 0 bridgehead atoms. The first-order valence-electron chi connectivity index (χ1n) is 11.9. The average Bonchev–Trinajstić information content (AvgIpc) is 3.58. The monoisotopic (exact) mass is 502 g/mol. The maximum absolute atomic E-state index is 13.1. The third-order valence-corrected chi connectivity index (χ3v) is 7.79. The molecular formula is C26H26N6O3S. The number of piperazine rings is 1. The van der Waals surface area contributed by atoms with E-state index in [0.717, 1.165) is 42.8 Å². The molecule has 0 N–H and O–H groups in total. The van der Waals surface area contributed by atoms with Crippen LogP contribution in [0, 0.1) is 0 Å². The number of thiazole rings is 1. The van der Waals surface area contributed by atoms with Gasteiger partial charge in [0, 0.05) is 86.3 Å². The van der Waals surface area contributed by atoms with Gasteiger partial charge in [0.1, 0.15) is 0 Å². The normalized spacial score (nSPS) is 16.8. The third kappa shape index (κ3) is 4.12. The molecule has 0 spiro atoms. The minimum Gasteiger partial charge on any atom is -0.481 e. The Labute approximate surface area is 212 Å². The molecule has 2 amide bonds. The molecule has 0 atom stereocenters. The number of carbonyl (C=O) groups is 2. The van der Waals surface area contributed by atoms with Gasteiger partial charge in [-0.3, -0.25) is 14.5 Å². The summed E-state index contributed by atoms with van der Waals surface area (Å²) in [5, 5.41) is 3.39. The van der Waals surface area contributed by atoms with Gasteiger partial charge in [-0.05, 0) is 30.3 Å². The highest BCUT2D eigenvalue weighted by molar-refractivity contribution is 7.11. The Morgan fingerprint density at radius 2 is 1.78 bits per heavy atom. The highest BCUT2D eigenvalue weighted by Crippen LogP contribution is 2.26. The van der Waals surface area contributed by atoms with Crippen molar-refractivity contribution in [3.63, 3.8) is 0 Å². The van der Waals surface area contributed by atoms with Crippen LogP contribution in [0.1, 0.15) is 20.2 Å². The summed E-state index contributed by atoms with van der Waals surface area (Å²) in [4.78, 5) is 40.1. The van der Waals surface area contributed by atoms with E-state index >= 15 is 0 Å². The van der Waals surface area contributed by atoms with Crippen LogP contribution in [-0.2, 0) is 0 Å². The smallest absolute Gasteiger partial charge is 0.282 e. The van der Waals surface area contributed by atoms with E-state index < -0.39 is 0 Å². The molecule has 5 heterocycles. The molecule has 2 aliphatic rings. The lowest BCUT2D eigenvalue weighted by atomic mass is 10.0. The summed E-state index contributed by atoms with van der Waals surface area (Å²) in [6, 6.07) is 12.0. The second kappa shape index (κ2) is 9.36. The van der Waals surface area contributed by atoms with Crippen LogP contribution in [0.4, 0.5) is 0 Å². The van der Waals surface area contributed by atoms with Crippen LogP contribution in [0.15, 0.2) is 60.4 Å². The van der Waals surface area contributed by atoms with Crippen molar-refractivity contribution in [1.29, 1.82) is 0 Å². The summed E-state index contributed by atoms with van der Waals surface area (Å²) in [5.41, 5.74) is 2.67. The number of amides is 2. The summed E-state index contributed by atoms with van der Waals surface area (Å²) in [7, 11) is 1.60. The van der Waals surface area contributed by atoms with E-state index in [1.54, 1.807) is 19.5 Å². The molecule has 2 aliphatic heterocycles. The number of pyridine rings is 1. The van der Waals surface area contributed by atoms with Crippen molar-refractivity contribution < 1.29 is 14.3 Å². The molecule has 9 nitrogen and oxygen atoms in total.